The maximum absolute atomic E-state index is 11.2. The molecular formula is C22H41NO3. The molecule has 1 unspecified atom stereocenters. The van der Waals surface area contributed by atoms with E-state index < -0.39 is 17.9 Å². The number of rotatable bonds is 19. The number of carboxylic acids is 1. The van der Waals surface area contributed by atoms with Crippen molar-refractivity contribution in [3.05, 3.63) is 12.7 Å². The lowest BCUT2D eigenvalue weighted by Crippen LogP contribution is -2.39. The third-order valence-electron chi connectivity index (χ3n) is 4.90. The van der Waals surface area contributed by atoms with Crippen LogP contribution < -0.4 is 5.32 Å². The van der Waals surface area contributed by atoms with Crippen molar-refractivity contribution in [3.63, 3.8) is 0 Å². The van der Waals surface area contributed by atoms with Gasteiger partial charge in [0.05, 0.1) is 0 Å². The number of unbranched alkanes of at least 4 members (excludes halogenated alkanes) is 14. The molecular weight excluding hydrogens is 326 g/mol. The minimum absolute atomic E-state index is 0.418. The van der Waals surface area contributed by atoms with Crippen molar-refractivity contribution >= 4 is 11.9 Å². The molecule has 0 aromatic rings. The highest BCUT2D eigenvalue weighted by Crippen LogP contribution is 2.14. The molecule has 0 spiro atoms. The summed E-state index contributed by atoms with van der Waals surface area (Å²) in [6.07, 6.45) is 20.9. The van der Waals surface area contributed by atoms with E-state index in [-0.39, 0.29) is 0 Å². The molecule has 0 saturated heterocycles. The molecule has 1 amide bonds. The molecule has 0 bridgehead atoms. The lowest BCUT2D eigenvalue weighted by molar-refractivity contribution is -0.141. The molecule has 0 radical (unpaired) electrons. The van der Waals surface area contributed by atoms with Crippen LogP contribution >= 0.6 is 0 Å². The van der Waals surface area contributed by atoms with Crippen LogP contribution in [-0.4, -0.2) is 23.0 Å². The van der Waals surface area contributed by atoms with E-state index in [2.05, 4.69) is 18.8 Å². The average Bonchev–Trinajstić information content (AvgIpc) is 2.63. The molecule has 4 nitrogen and oxygen atoms in total. The van der Waals surface area contributed by atoms with E-state index in [0.29, 0.717) is 6.42 Å². The Morgan fingerprint density at radius 1 is 0.808 bits per heavy atom. The van der Waals surface area contributed by atoms with E-state index in [1.54, 1.807) is 0 Å². The summed E-state index contributed by atoms with van der Waals surface area (Å²) >= 11 is 0. The Morgan fingerprint density at radius 3 is 1.54 bits per heavy atom. The number of carbonyl (C=O) groups is 2. The van der Waals surface area contributed by atoms with E-state index in [1.165, 1.54) is 77.0 Å². The van der Waals surface area contributed by atoms with Crippen LogP contribution in [-0.2, 0) is 9.59 Å². The van der Waals surface area contributed by atoms with E-state index in [4.69, 9.17) is 5.11 Å². The highest BCUT2D eigenvalue weighted by molar-refractivity contribution is 5.90. The van der Waals surface area contributed by atoms with Crippen molar-refractivity contribution in [2.45, 2.75) is 116 Å². The van der Waals surface area contributed by atoms with Gasteiger partial charge in [-0.3, -0.25) is 4.79 Å². The van der Waals surface area contributed by atoms with Crippen LogP contribution in [0.25, 0.3) is 0 Å². The zero-order chi connectivity index (χ0) is 19.5. The second kappa shape index (κ2) is 18.5. The minimum atomic E-state index is -0.967. The van der Waals surface area contributed by atoms with Gasteiger partial charge in [0.2, 0.25) is 5.91 Å². The number of nitrogens with one attached hydrogen (secondary N) is 1. The van der Waals surface area contributed by atoms with Gasteiger partial charge < -0.3 is 10.4 Å². The Morgan fingerprint density at radius 2 is 1.19 bits per heavy atom. The SMILES string of the molecule is C=CC(=O)NC(CCCCCCCCCCCCCCCCC)C(=O)O. The van der Waals surface area contributed by atoms with Gasteiger partial charge in [0.15, 0.2) is 0 Å². The number of carbonyl (C=O) groups excluding carboxylic acids is 1. The van der Waals surface area contributed by atoms with Crippen LogP contribution in [0.2, 0.25) is 0 Å². The summed E-state index contributed by atoms with van der Waals surface area (Å²) in [5.41, 5.74) is 0. The van der Waals surface area contributed by atoms with Crippen molar-refractivity contribution in [1.82, 2.24) is 5.32 Å². The number of hydrogen-bond acceptors (Lipinski definition) is 2. The predicted octanol–water partition coefficient (Wildman–Crippen LogP) is 6.00. The topological polar surface area (TPSA) is 66.4 Å². The summed E-state index contributed by atoms with van der Waals surface area (Å²) in [6.45, 7) is 5.60. The summed E-state index contributed by atoms with van der Waals surface area (Å²) < 4.78 is 0. The molecule has 152 valence electrons. The minimum Gasteiger partial charge on any atom is -0.480 e. The second-order valence-electron chi connectivity index (χ2n) is 7.34. The first-order chi connectivity index (χ1) is 12.6. The van der Waals surface area contributed by atoms with Crippen molar-refractivity contribution in [2.75, 3.05) is 0 Å². The Bertz CT molecular complexity index is 368. The molecule has 0 aromatic heterocycles. The van der Waals surface area contributed by atoms with Crippen molar-refractivity contribution in [2.24, 2.45) is 0 Å². The fourth-order valence-corrected chi connectivity index (χ4v) is 3.21. The standard InChI is InChI=1S/C22H41NO3/c1-3-5-6-7-8-9-10-11-12-13-14-15-16-17-18-19-20(22(25)26)23-21(24)4-2/h4,20H,2-3,5-19H2,1H3,(H,23,24)(H,25,26). The molecule has 0 aliphatic carbocycles. The fourth-order valence-electron chi connectivity index (χ4n) is 3.21. The van der Waals surface area contributed by atoms with Gasteiger partial charge in [-0.05, 0) is 12.5 Å². The Kier molecular flexibility index (Phi) is 17.5. The van der Waals surface area contributed by atoms with Crippen LogP contribution in [0.5, 0.6) is 0 Å². The van der Waals surface area contributed by atoms with E-state index in [0.717, 1.165) is 25.3 Å². The van der Waals surface area contributed by atoms with E-state index >= 15 is 0 Å². The highest BCUT2D eigenvalue weighted by atomic mass is 16.4. The molecule has 0 heterocycles. The molecule has 26 heavy (non-hydrogen) atoms. The lowest BCUT2D eigenvalue weighted by Gasteiger charge is -2.12. The summed E-state index contributed by atoms with van der Waals surface area (Å²) in [4.78, 5) is 22.3. The molecule has 0 aromatic carbocycles. The normalized spacial score (nSPS) is 11.9. The van der Waals surface area contributed by atoms with Gasteiger partial charge in [0, 0.05) is 0 Å². The van der Waals surface area contributed by atoms with Crippen LogP contribution in [0.15, 0.2) is 12.7 Å². The highest BCUT2D eigenvalue weighted by Gasteiger charge is 2.17. The average molecular weight is 368 g/mol. The fraction of sp³-hybridized carbons (Fsp3) is 0.818. The monoisotopic (exact) mass is 367 g/mol. The zero-order valence-electron chi connectivity index (χ0n) is 16.9. The lowest BCUT2D eigenvalue weighted by atomic mass is 10.0. The largest absolute Gasteiger partial charge is 0.480 e. The Hall–Kier alpha value is -1.32. The molecule has 0 rings (SSSR count). The first kappa shape index (κ1) is 24.7. The predicted molar refractivity (Wildman–Crippen MR) is 109 cm³/mol. The number of amides is 1. The van der Waals surface area contributed by atoms with Gasteiger partial charge in [0.25, 0.3) is 0 Å². The Balaban J connectivity index is 3.36. The maximum atomic E-state index is 11.2. The number of aliphatic carboxylic acids is 1. The Labute approximate surface area is 160 Å². The zero-order valence-corrected chi connectivity index (χ0v) is 16.9. The van der Waals surface area contributed by atoms with Gasteiger partial charge >= 0.3 is 5.97 Å². The number of carboxylic acid groups (broad SMARTS) is 1. The molecule has 0 aliphatic rings. The van der Waals surface area contributed by atoms with Crippen LogP contribution in [0.4, 0.5) is 0 Å². The molecule has 1 atom stereocenters. The maximum Gasteiger partial charge on any atom is 0.326 e. The molecule has 0 saturated carbocycles. The second-order valence-corrected chi connectivity index (χ2v) is 7.34. The van der Waals surface area contributed by atoms with Crippen LogP contribution in [0, 0.1) is 0 Å². The smallest absolute Gasteiger partial charge is 0.326 e. The van der Waals surface area contributed by atoms with E-state index in [9.17, 15) is 9.59 Å². The van der Waals surface area contributed by atoms with Gasteiger partial charge in [-0.25, -0.2) is 4.79 Å². The van der Waals surface area contributed by atoms with Gasteiger partial charge in [-0.15, -0.1) is 0 Å². The van der Waals surface area contributed by atoms with Crippen molar-refractivity contribution in [1.29, 1.82) is 0 Å². The van der Waals surface area contributed by atoms with Crippen molar-refractivity contribution in [3.8, 4) is 0 Å². The summed E-state index contributed by atoms with van der Waals surface area (Å²) in [7, 11) is 0. The van der Waals surface area contributed by atoms with Gasteiger partial charge in [-0.2, -0.15) is 0 Å². The summed E-state index contributed by atoms with van der Waals surface area (Å²) in [5.74, 6) is -1.39. The third kappa shape index (κ3) is 16.2. The van der Waals surface area contributed by atoms with Crippen molar-refractivity contribution < 1.29 is 14.7 Å². The number of hydrogen-bond donors (Lipinski definition) is 2. The van der Waals surface area contributed by atoms with Crippen LogP contribution in [0.3, 0.4) is 0 Å². The molecule has 0 fully saturated rings. The summed E-state index contributed by atoms with van der Waals surface area (Å²) in [6, 6.07) is -0.789. The third-order valence-corrected chi connectivity index (χ3v) is 4.90. The van der Waals surface area contributed by atoms with Gasteiger partial charge in [-0.1, -0.05) is 110 Å². The summed E-state index contributed by atoms with van der Waals surface area (Å²) in [5, 5.41) is 11.5. The van der Waals surface area contributed by atoms with E-state index in [1.807, 2.05) is 0 Å². The molecule has 2 N–H and O–H groups in total. The van der Waals surface area contributed by atoms with Gasteiger partial charge in [0.1, 0.15) is 6.04 Å². The molecule has 0 aliphatic heterocycles. The first-order valence-corrected chi connectivity index (χ1v) is 10.8. The first-order valence-electron chi connectivity index (χ1n) is 10.8. The van der Waals surface area contributed by atoms with Crippen LogP contribution in [0.1, 0.15) is 110 Å². The quantitative estimate of drug-likeness (QED) is 0.217. The molecule has 4 heteroatoms.